The van der Waals surface area contributed by atoms with Gasteiger partial charge in [0.1, 0.15) is 5.78 Å². The molecule has 2 rings (SSSR count). The summed E-state index contributed by atoms with van der Waals surface area (Å²) in [6, 6.07) is 7.98. The molecule has 0 fully saturated rings. The first-order chi connectivity index (χ1) is 12.6. The molecule has 0 radical (unpaired) electrons. The summed E-state index contributed by atoms with van der Waals surface area (Å²) in [6.45, 7) is 4.65. The number of halogens is 3. The normalized spacial score (nSPS) is 12.9. The second-order valence-electron chi connectivity index (χ2n) is 6.90. The van der Waals surface area contributed by atoms with Crippen LogP contribution in [0.5, 0.6) is 5.88 Å². The molecule has 0 aliphatic carbocycles. The highest BCUT2D eigenvalue weighted by Gasteiger charge is 2.28. The van der Waals surface area contributed by atoms with Gasteiger partial charge in [0.05, 0.1) is 18.1 Å². The summed E-state index contributed by atoms with van der Waals surface area (Å²) in [4.78, 5) is 20.2. The van der Waals surface area contributed by atoms with Crippen molar-refractivity contribution in [2.75, 3.05) is 6.61 Å². The molecule has 0 saturated heterocycles. The van der Waals surface area contributed by atoms with Gasteiger partial charge in [0.15, 0.2) is 6.61 Å². The van der Waals surface area contributed by atoms with Crippen molar-refractivity contribution in [1.82, 2.24) is 9.97 Å². The summed E-state index contributed by atoms with van der Waals surface area (Å²) in [6.07, 6.45) is -1.31. The zero-order valence-corrected chi connectivity index (χ0v) is 15.6. The van der Waals surface area contributed by atoms with Crippen molar-refractivity contribution in [2.24, 2.45) is 0 Å². The lowest BCUT2D eigenvalue weighted by molar-refractivity contribution is -0.154. The van der Waals surface area contributed by atoms with E-state index in [1.807, 2.05) is 31.2 Å². The van der Waals surface area contributed by atoms with Crippen LogP contribution in [0.15, 0.2) is 36.7 Å². The lowest BCUT2D eigenvalue weighted by Crippen LogP contribution is -2.19. The van der Waals surface area contributed by atoms with Gasteiger partial charge in [0.25, 0.3) is 0 Å². The highest BCUT2D eigenvalue weighted by molar-refractivity contribution is 5.81. The average molecular weight is 380 g/mol. The Morgan fingerprint density at radius 1 is 1.07 bits per heavy atom. The van der Waals surface area contributed by atoms with Crippen LogP contribution in [-0.4, -0.2) is 28.5 Å². The Morgan fingerprint density at radius 3 is 2.26 bits per heavy atom. The molecular formula is C20H23F3N2O2. The van der Waals surface area contributed by atoms with Gasteiger partial charge in [-0.2, -0.15) is 13.2 Å². The molecule has 1 aromatic heterocycles. The summed E-state index contributed by atoms with van der Waals surface area (Å²) >= 11 is 0. The third kappa shape index (κ3) is 7.00. The third-order valence-electron chi connectivity index (χ3n) is 4.12. The number of nitrogens with zero attached hydrogens (tertiary/aromatic N) is 2. The van der Waals surface area contributed by atoms with E-state index in [0.29, 0.717) is 18.0 Å². The van der Waals surface area contributed by atoms with Crippen LogP contribution < -0.4 is 4.74 Å². The third-order valence-corrected chi connectivity index (χ3v) is 4.12. The molecule has 0 unspecified atom stereocenters. The van der Waals surface area contributed by atoms with E-state index in [-0.39, 0.29) is 24.0 Å². The Balaban J connectivity index is 1.88. The molecule has 1 aromatic carbocycles. The topological polar surface area (TPSA) is 52.1 Å². The van der Waals surface area contributed by atoms with Crippen LogP contribution in [0.3, 0.4) is 0 Å². The van der Waals surface area contributed by atoms with Crippen molar-refractivity contribution < 1.29 is 22.7 Å². The number of aromatic nitrogens is 2. The lowest BCUT2D eigenvalue weighted by Gasteiger charge is -2.12. The predicted octanol–water partition coefficient (Wildman–Crippen LogP) is 4.85. The van der Waals surface area contributed by atoms with Crippen molar-refractivity contribution in [3.63, 3.8) is 0 Å². The molecule has 0 N–H and O–H groups in total. The van der Waals surface area contributed by atoms with E-state index in [9.17, 15) is 18.0 Å². The molecule has 0 saturated carbocycles. The van der Waals surface area contributed by atoms with Crippen molar-refractivity contribution in [1.29, 1.82) is 0 Å². The van der Waals surface area contributed by atoms with E-state index in [0.717, 1.165) is 11.8 Å². The maximum atomic E-state index is 12.3. The van der Waals surface area contributed by atoms with E-state index in [1.165, 1.54) is 11.8 Å². The van der Waals surface area contributed by atoms with E-state index < -0.39 is 12.8 Å². The Morgan fingerprint density at radius 2 is 1.74 bits per heavy atom. The monoisotopic (exact) mass is 380 g/mol. The fourth-order valence-electron chi connectivity index (χ4n) is 2.58. The van der Waals surface area contributed by atoms with Crippen LogP contribution in [0.25, 0.3) is 0 Å². The quantitative estimate of drug-likeness (QED) is 0.657. The number of rotatable bonds is 8. The number of carbonyl (C=O) groups is 1. The van der Waals surface area contributed by atoms with Gasteiger partial charge in [-0.15, -0.1) is 0 Å². The SMILES string of the molecule is CC(C)c1ccc(CC(=O)C[C@H](C)c2cnc(OCC(F)(F)F)cn2)cc1. The summed E-state index contributed by atoms with van der Waals surface area (Å²) in [7, 11) is 0. The molecule has 4 nitrogen and oxygen atoms in total. The first-order valence-corrected chi connectivity index (χ1v) is 8.76. The molecule has 0 spiro atoms. The number of Topliss-reactive ketones (excluding diaryl/α,β-unsaturated/α-hetero) is 1. The van der Waals surface area contributed by atoms with Crippen LogP contribution in [0.1, 0.15) is 55.8 Å². The molecule has 2 aromatic rings. The maximum absolute atomic E-state index is 12.3. The minimum absolute atomic E-state index is 0.0685. The van der Waals surface area contributed by atoms with Gasteiger partial charge in [-0.3, -0.25) is 9.78 Å². The molecular weight excluding hydrogens is 357 g/mol. The first-order valence-electron chi connectivity index (χ1n) is 8.76. The van der Waals surface area contributed by atoms with Crippen LogP contribution in [-0.2, 0) is 11.2 Å². The van der Waals surface area contributed by atoms with Gasteiger partial charge >= 0.3 is 6.18 Å². The highest BCUT2D eigenvalue weighted by atomic mass is 19.4. The number of carbonyl (C=O) groups excluding carboxylic acids is 1. The van der Waals surface area contributed by atoms with Crippen LogP contribution in [0, 0.1) is 0 Å². The second-order valence-corrected chi connectivity index (χ2v) is 6.90. The number of alkyl halides is 3. The zero-order chi connectivity index (χ0) is 20.0. The highest BCUT2D eigenvalue weighted by Crippen LogP contribution is 2.21. The predicted molar refractivity (Wildman–Crippen MR) is 95.9 cm³/mol. The van der Waals surface area contributed by atoms with Crippen LogP contribution >= 0.6 is 0 Å². The van der Waals surface area contributed by atoms with E-state index in [2.05, 4.69) is 28.6 Å². The minimum Gasteiger partial charge on any atom is -0.467 e. The number of hydrogen-bond acceptors (Lipinski definition) is 4. The van der Waals surface area contributed by atoms with Gasteiger partial charge in [0, 0.05) is 18.8 Å². The van der Waals surface area contributed by atoms with E-state index in [4.69, 9.17) is 0 Å². The van der Waals surface area contributed by atoms with Crippen LogP contribution in [0.4, 0.5) is 13.2 Å². The lowest BCUT2D eigenvalue weighted by atomic mass is 9.96. The second kappa shape index (κ2) is 8.97. The Bertz CT molecular complexity index is 741. The Labute approximate surface area is 156 Å². The van der Waals surface area contributed by atoms with Gasteiger partial charge in [-0.05, 0) is 17.0 Å². The molecule has 146 valence electrons. The van der Waals surface area contributed by atoms with Crippen LogP contribution in [0.2, 0.25) is 0 Å². The van der Waals surface area contributed by atoms with Crippen molar-refractivity contribution in [3.05, 3.63) is 53.5 Å². The molecule has 0 aliphatic rings. The number of hydrogen-bond donors (Lipinski definition) is 0. The zero-order valence-electron chi connectivity index (χ0n) is 15.6. The molecule has 7 heteroatoms. The molecule has 1 atom stereocenters. The van der Waals surface area contributed by atoms with Gasteiger partial charge in [0.2, 0.25) is 5.88 Å². The fraction of sp³-hybridized carbons (Fsp3) is 0.450. The molecule has 0 bridgehead atoms. The minimum atomic E-state index is -4.42. The van der Waals surface area contributed by atoms with Crippen molar-refractivity contribution >= 4 is 5.78 Å². The van der Waals surface area contributed by atoms with E-state index >= 15 is 0 Å². The smallest absolute Gasteiger partial charge is 0.422 e. The number of benzene rings is 1. The standard InChI is InChI=1S/C20H23F3N2O2/c1-13(2)16-6-4-15(5-7-16)9-17(26)8-14(3)18-10-25-19(11-24-18)27-12-20(21,22)23/h4-7,10-11,13-14H,8-9,12H2,1-3H3/t14-/m0/s1. The molecule has 0 amide bonds. The fourth-order valence-corrected chi connectivity index (χ4v) is 2.58. The van der Waals surface area contributed by atoms with E-state index in [1.54, 1.807) is 0 Å². The average Bonchev–Trinajstić information content (AvgIpc) is 2.60. The van der Waals surface area contributed by atoms with Crippen molar-refractivity contribution in [2.45, 2.75) is 51.6 Å². The van der Waals surface area contributed by atoms with Gasteiger partial charge < -0.3 is 4.74 Å². The van der Waals surface area contributed by atoms with Gasteiger partial charge in [-0.1, -0.05) is 45.0 Å². The summed E-state index contributed by atoms with van der Waals surface area (Å²) in [5.41, 5.74) is 2.72. The molecule has 0 aliphatic heterocycles. The molecule has 1 heterocycles. The molecule has 27 heavy (non-hydrogen) atoms. The summed E-state index contributed by atoms with van der Waals surface area (Å²) in [5.74, 6) is 0.131. The summed E-state index contributed by atoms with van der Waals surface area (Å²) in [5, 5.41) is 0. The summed E-state index contributed by atoms with van der Waals surface area (Å²) < 4.78 is 40.9. The van der Waals surface area contributed by atoms with Crippen molar-refractivity contribution in [3.8, 4) is 5.88 Å². The van der Waals surface area contributed by atoms with Gasteiger partial charge in [-0.25, -0.2) is 4.98 Å². The first kappa shape index (κ1) is 20.9. The number of ketones is 1. The largest absolute Gasteiger partial charge is 0.467 e. The Kier molecular flexibility index (Phi) is 6.93. The number of ether oxygens (including phenoxy) is 1. The Hall–Kier alpha value is -2.44. The maximum Gasteiger partial charge on any atom is 0.422 e.